The van der Waals surface area contributed by atoms with Crippen LogP contribution in [0.15, 0.2) is 24.3 Å². The van der Waals surface area contributed by atoms with E-state index in [1.54, 1.807) is 24.3 Å². The molecule has 1 aromatic rings. The Hall–Kier alpha value is -2.37. The lowest BCUT2D eigenvalue weighted by molar-refractivity contribution is -0.119. The minimum absolute atomic E-state index is 0.170. The Kier molecular flexibility index (Phi) is 6.22. The lowest BCUT2D eigenvalue weighted by Gasteiger charge is -2.07. The maximum atomic E-state index is 11.7. The third-order valence-electron chi connectivity index (χ3n) is 2.47. The van der Waals surface area contributed by atoms with Gasteiger partial charge in [0.15, 0.2) is 0 Å². The topological polar surface area (TPSA) is 87.3 Å². The van der Waals surface area contributed by atoms with Gasteiger partial charge in [0.25, 0.3) is 5.91 Å². The van der Waals surface area contributed by atoms with Crippen LogP contribution in [0.5, 0.6) is 0 Å². The van der Waals surface area contributed by atoms with E-state index >= 15 is 0 Å². The fraction of sp³-hybridized carbons (Fsp3) is 0.357. The van der Waals surface area contributed by atoms with Crippen molar-refractivity contribution in [2.45, 2.75) is 20.3 Å². The Morgan fingerprint density at radius 3 is 2.55 bits per heavy atom. The predicted molar refractivity (Wildman–Crippen MR) is 76.4 cm³/mol. The molecule has 6 heteroatoms. The summed E-state index contributed by atoms with van der Waals surface area (Å²) in [5, 5.41) is 7.92. The van der Waals surface area contributed by atoms with Gasteiger partial charge in [0.1, 0.15) is 0 Å². The lowest BCUT2D eigenvalue weighted by atomic mass is 10.2. The molecule has 0 bridgehead atoms. The summed E-state index contributed by atoms with van der Waals surface area (Å²) in [4.78, 5) is 34.0. The van der Waals surface area contributed by atoms with Crippen molar-refractivity contribution in [2.24, 2.45) is 0 Å². The van der Waals surface area contributed by atoms with Crippen molar-refractivity contribution in [1.82, 2.24) is 10.6 Å². The maximum absolute atomic E-state index is 11.7. The molecule has 0 atom stereocenters. The molecule has 0 aliphatic rings. The van der Waals surface area contributed by atoms with Gasteiger partial charge in [-0.2, -0.15) is 0 Å². The summed E-state index contributed by atoms with van der Waals surface area (Å²) in [7, 11) is 0. The monoisotopic (exact) mass is 277 g/mol. The summed E-state index contributed by atoms with van der Waals surface area (Å²) in [6, 6.07) is 6.70. The molecule has 0 aliphatic carbocycles. The van der Waals surface area contributed by atoms with Crippen LogP contribution in [0.1, 0.15) is 30.6 Å². The molecule has 3 amide bonds. The summed E-state index contributed by atoms with van der Waals surface area (Å²) in [6.45, 7) is 4.07. The molecular formula is C14H19N3O3. The molecule has 1 rings (SSSR count). The van der Waals surface area contributed by atoms with Gasteiger partial charge in [-0.25, -0.2) is 0 Å². The summed E-state index contributed by atoms with van der Waals surface area (Å²) < 4.78 is 0. The van der Waals surface area contributed by atoms with Crippen molar-refractivity contribution in [3.05, 3.63) is 29.8 Å². The smallest absolute Gasteiger partial charge is 0.251 e. The molecule has 0 spiro atoms. The highest BCUT2D eigenvalue weighted by Crippen LogP contribution is 2.10. The Morgan fingerprint density at radius 1 is 1.15 bits per heavy atom. The molecule has 6 nitrogen and oxygen atoms in total. The molecule has 0 aromatic heterocycles. The first-order valence-electron chi connectivity index (χ1n) is 6.45. The van der Waals surface area contributed by atoms with Crippen molar-refractivity contribution in [3.63, 3.8) is 0 Å². The number of carbonyl (C=O) groups excluding carboxylic acids is 3. The first kappa shape index (κ1) is 15.7. The van der Waals surface area contributed by atoms with Crippen molar-refractivity contribution >= 4 is 23.4 Å². The third-order valence-corrected chi connectivity index (χ3v) is 2.47. The maximum Gasteiger partial charge on any atom is 0.251 e. The molecule has 0 fully saturated rings. The highest BCUT2D eigenvalue weighted by atomic mass is 16.2. The Balaban J connectivity index is 2.55. The Morgan fingerprint density at radius 2 is 1.90 bits per heavy atom. The van der Waals surface area contributed by atoms with Crippen molar-refractivity contribution in [1.29, 1.82) is 0 Å². The van der Waals surface area contributed by atoms with Gasteiger partial charge in [-0.1, -0.05) is 6.07 Å². The molecule has 108 valence electrons. The van der Waals surface area contributed by atoms with Gasteiger partial charge in [0, 0.05) is 37.7 Å². The zero-order chi connectivity index (χ0) is 15.0. The molecular weight excluding hydrogens is 258 g/mol. The zero-order valence-corrected chi connectivity index (χ0v) is 11.7. The fourth-order valence-corrected chi connectivity index (χ4v) is 1.58. The first-order valence-corrected chi connectivity index (χ1v) is 6.45. The van der Waals surface area contributed by atoms with E-state index in [4.69, 9.17) is 0 Å². The van der Waals surface area contributed by atoms with Crippen LogP contribution in [0.25, 0.3) is 0 Å². The number of rotatable bonds is 6. The zero-order valence-electron chi connectivity index (χ0n) is 11.7. The van der Waals surface area contributed by atoms with Gasteiger partial charge in [0.05, 0.1) is 0 Å². The predicted octanol–water partition coefficient (Wildman–Crippen LogP) is 0.901. The van der Waals surface area contributed by atoms with Crippen LogP contribution < -0.4 is 16.0 Å². The van der Waals surface area contributed by atoms with Crippen molar-refractivity contribution in [2.75, 3.05) is 18.4 Å². The van der Waals surface area contributed by atoms with Gasteiger partial charge < -0.3 is 16.0 Å². The highest BCUT2D eigenvalue weighted by Gasteiger charge is 2.07. The number of hydrogen-bond donors (Lipinski definition) is 3. The van der Waals surface area contributed by atoms with E-state index in [0.29, 0.717) is 17.8 Å². The third kappa shape index (κ3) is 5.51. The van der Waals surface area contributed by atoms with E-state index < -0.39 is 0 Å². The largest absolute Gasteiger partial charge is 0.356 e. The number of carbonyl (C=O) groups is 3. The van der Waals surface area contributed by atoms with Crippen LogP contribution in [0.4, 0.5) is 5.69 Å². The number of anilines is 1. The van der Waals surface area contributed by atoms with Crippen LogP contribution >= 0.6 is 0 Å². The summed E-state index contributed by atoms with van der Waals surface area (Å²) in [5.74, 6) is -0.565. The van der Waals surface area contributed by atoms with E-state index in [1.165, 1.54) is 6.92 Å². The lowest BCUT2D eigenvalue weighted by Crippen LogP contribution is -2.25. The normalized spacial score (nSPS) is 9.70. The number of hydrogen-bond acceptors (Lipinski definition) is 3. The van der Waals surface area contributed by atoms with Crippen LogP contribution in [-0.2, 0) is 9.59 Å². The average molecular weight is 277 g/mol. The second-order valence-corrected chi connectivity index (χ2v) is 4.22. The second kappa shape index (κ2) is 7.93. The average Bonchev–Trinajstić information content (AvgIpc) is 2.38. The van der Waals surface area contributed by atoms with Gasteiger partial charge >= 0.3 is 0 Å². The Bertz CT molecular complexity index is 500. The SMILES string of the molecule is CCNC(=O)c1cccc(NC(=O)CCNC(C)=O)c1. The van der Waals surface area contributed by atoms with E-state index in [9.17, 15) is 14.4 Å². The number of amides is 3. The van der Waals surface area contributed by atoms with Crippen molar-refractivity contribution in [3.8, 4) is 0 Å². The summed E-state index contributed by atoms with van der Waals surface area (Å²) >= 11 is 0. The number of nitrogens with one attached hydrogen (secondary N) is 3. The van der Waals surface area contributed by atoms with Gasteiger partial charge in [-0.15, -0.1) is 0 Å². The molecule has 0 aliphatic heterocycles. The van der Waals surface area contributed by atoms with Gasteiger partial charge in [-0.3, -0.25) is 14.4 Å². The van der Waals surface area contributed by atoms with Crippen LogP contribution in [0.2, 0.25) is 0 Å². The van der Waals surface area contributed by atoms with Crippen LogP contribution in [0.3, 0.4) is 0 Å². The minimum Gasteiger partial charge on any atom is -0.356 e. The summed E-state index contributed by atoms with van der Waals surface area (Å²) in [6.07, 6.45) is 0.185. The van der Waals surface area contributed by atoms with Gasteiger partial charge in [0.2, 0.25) is 11.8 Å². The van der Waals surface area contributed by atoms with Gasteiger partial charge in [-0.05, 0) is 25.1 Å². The van der Waals surface area contributed by atoms with E-state index in [1.807, 2.05) is 6.92 Å². The van der Waals surface area contributed by atoms with E-state index in [0.717, 1.165) is 0 Å². The summed E-state index contributed by atoms with van der Waals surface area (Å²) in [5.41, 5.74) is 1.05. The van der Waals surface area contributed by atoms with Crippen LogP contribution in [0, 0.1) is 0 Å². The molecule has 3 N–H and O–H groups in total. The molecule has 20 heavy (non-hydrogen) atoms. The molecule has 1 aromatic carbocycles. The molecule has 0 heterocycles. The Labute approximate surface area is 117 Å². The van der Waals surface area contributed by atoms with Crippen molar-refractivity contribution < 1.29 is 14.4 Å². The highest BCUT2D eigenvalue weighted by molar-refractivity contribution is 5.97. The van der Waals surface area contributed by atoms with Crippen LogP contribution in [-0.4, -0.2) is 30.8 Å². The standard InChI is InChI=1S/C14H19N3O3/c1-3-15-14(20)11-5-4-6-12(9-11)17-13(19)7-8-16-10(2)18/h4-6,9H,3,7-8H2,1-2H3,(H,15,20)(H,16,18)(H,17,19). The minimum atomic E-state index is -0.216. The fourth-order valence-electron chi connectivity index (χ4n) is 1.58. The molecule has 0 unspecified atom stereocenters. The first-order chi connectivity index (χ1) is 9.52. The molecule has 0 saturated heterocycles. The molecule has 0 radical (unpaired) electrons. The van der Waals surface area contributed by atoms with E-state index in [-0.39, 0.29) is 30.7 Å². The number of benzene rings is 1. The molecule has 0 saturated carbocycles. The van der Waals surface area contributed by atoms with E-state index in [2.05, 4.69) is 16.0 Å². The quantitative estimate of drug-likeness (QED) is 0.722. The second-order valence-electron chi connectivity index (χ2n) is 4.22.